The van der Waals surface area contributed by atoms with Crippen molar-refractivity contribution >= 4 is 11.0 Å². The summed E-state index contributed by atoms with van der Waals surface area (Å²) in [5.41, 5.74) is 10.9. The standard InChI is InChI=1S/C13H15N5/c1-17-8-15-11-5-9(3-4-13(11)17)10-7-18(2)16-12(10)6-14/h3-5,7-8H,6,14H2,1-2H3. The molecule has 0 amide bonds. The normalized spacial score (nSPS) is 11.3. The van der Waals surface area contributed by atoms with E-state index in [4.69, 9.17) is 5.73 Å². The molecule has 0 saturated carbocycles. The summed E-state index contributed by atoms with van der Waals surface area (Å²) in [5, 5.41) is 4.36. The summed E-state index contributed by atoms with van der Waals surface area (Å²) >= 11 is 0. The van der Waals surface area contributed by atoms with Gasteiger partial charge in [0.05, 0.1) is 23.1 Å². The van der Waals surface area contributed by atoms with Gasteiger partial charge in [0.25, 0.3) is 0 Å². The van der Waals surface area contributed by atoms with Crippen molar-refractivity contribution in [2.24, 2.45) is 19.8 Å². The lowest BCUT2D eigenvalue weighted by Gasteiger charge is -2.01. The Morgan fingerprint density at radius 3 is 2.89 bits per heavy atom. The number of benzene rings is 1. The molecule has 0 spiro atoms. The van der Waals surface area contributed by atoms with Crippen LogP contribution >= 0.6 is 0 Å². The zero-order valence-corrected chi connectivity index (χ0v) is 10.5. The average Bonchev–Trinajstić information content (AvgIpc) is 2.93. The lowest BCUT2D eigenvalue weighted by Crippen LogP contribution is -1.99. The van der Waals surface area contributed by atoms with Crippen LogP contribution in [0, 0.1) is 0 Å². The number of hydrogen-bond acceptors (Lipinski definition) is 3. The van der Waals surface area contributed by atoms with Crippen molar-refractivity contribution in [2.45, 2.75) is 6.54 Å². The Morgan fingerprint density at radius 1 is 1.28 bits per heavy atom. The van der Waals surface area contributed by atoms with Crippen LogP contribution in [0.4, 0.5) is 0 Å². The summed E-state index contributed by atoms with van der Waals surface area (Å²) in [6.45, 7) is 0.441. The van der Waals surface area contributed by atoms with Crippen LogP contribution < -0.4 is 5.73 Å². The first kappa shape index (κ1) is 11.0. The van der Waals surface area contributed by atoms with Crippen molar-refractivity contribution in [3.05, 3.63) is 36.4 Å². The molecule has 0 fully saturated rings. The molecule has 0 aliphatic rings. The minimum absolute atomic E-state index is 0.441. The second-order valence-corrected chi connectivity index (χ2v) is 4.43. The maximum absolute atomic E-state index is 5.72. The van der Waals surface area contributed by atoms with Gasteiger partial charge in [-0.25, -0.2) is 4.98 Å². The molecule has 18 heavy (non-hydrogen) atoms. The molecule has 5 heteroatoms. The van der Waals surface area contributed by atoms with Crippen LogP contribution in [0.3, 0.4) is 0 Å². The van der Waals surface area contributed by atoms with E-state index in [1.807, 2.05) is 31.2 Å². The van der Waals surface area contributed by atoms with Crippen molar-refractivity contribution in [1.29, 1.82) is 0 Å². The van der Waals surface area contributed by atoms with E-state index in [0.29, 0.717) is 6.54 Å². The molecule has 0 saturated heterocycles. The lowest BCUT2D eigenvalue weighted by atomic mass is 10.1. The van der Waals surface area contributed by atoms with E-state index >= 15 is 0 Å². The van der Waals surface area contributed by atoms with Gasteiger partial charge in [-0.3, -0.25) is 4.68 Å². The van der Waals surface area contributed by atoms with Crippen molar-refractivity contribution < 1.29 is 0 Å². The summed E-state index contributed by atoms with van der Waals surface area (Å²) in [5.74, 6) is 0. The molecule has 92 valence electrons. The molecular weight excluding hydrogens is 226 g/mol. The van der Waals surface area contributed by atoms with E-state index in [1.54, 1.807) is 4.68 Å². The highest BCUT2D eigenvalue weighted by atomic mass is 15.3. The van der Waals surface area contributed by atoms with Crippen molar-refractivity contribution in [3.8, 4) is 11.1 Å². The van der Waals surface area contributed by atoms with Crippen LogP contribution in [0.15, 0.2) is 30.7 Å². The first-order valence-electron chi connectivity index (χ1n) is 5.83. The minimum atomic E-state index is 0.441. The zero-order valence-electron chi connectivity index (χ0n) is 10.5. The van der Waals surface area contributed by atoms with Crippen LogP contribution in [-0.2, 0) is 20.6 Å². The van der Waals surface area contributed by atoms with E-state index in [9.17, 15) is 0 Å². The number of hydrogen-bond donors (Lipinski definition) is 1. The van der Waals surface area contributed by atoms with E-state index in [0.717, 1.165) is 27.9 Å². The van der Waals surface area contributed by atoms with Crippen LogP contribution in [-0.4, -0.2) is 19.3 Å². The van der Waals surface area contributed by atoms with Crippen molar-refractivity contribution in [2.75, 3.05) is 0 Å². The number of nitrogens with zero attached hydrogens (tertiary/aromatic N) is 4. The van der Waals surface area contributed by atoms with Crippen molar-refractivity contribution in [3.63, 3.8) is 0 Å². The lowest BCUT2D eigenvalue weighted by molar-refractivity contribution is 0.742. The number of rotatable bonds is 2. The largest absolute Gasteiger partial charge is 0.334 e. The highest BCUT2D eigenvalue weighted by Gasteiger charge is 2.10. The molecule has 2 heterocycles. The van der Waals surface area contributed by atoms with Gasteiger partial charge in [-0.15, -0.1) is 0 Å². The molecule has 0 radical (unpaired) electrons. The molecule has 0 aliphatic carbocycles. The SMILES string of the molecule is Cn1cc(-c2ccc3c(c2)ncn3C)c(CN)n1. The molecule has 0 aliphatic heterocycles. The first-order valence-corrected chi connectivity index (χ1v) is 5.83. The Bertz CT molecular complexity index is 707. The van der Waals surface area contributed by atoms with E-state index in [-0.39, 0.29) is 0 Å². The van der Waals surface area contributed by atoms with Gasteiger partial charge in [0.2, 0.25) is 0 Å². The topological polar surface area (TPSA) is 61.7 Å². The minimum Gasteiger partial charge on any atom is -0.334 e. The van der Waals surface area contributed by atoms with Crippen LogP contribution in [0.25, 0.3) is 22.2 Å². The van der Waals surface area contributed by atoms with Gasteiger partial charge in [0, 0.05) is 32.4 Å². The van der Waals surface area contributed by atoms with Gasteiger partial charge in [0.15, 0.2) is 0 Å². The Morgan fingerprint density at radius 2 is 2.11 bits per heavy atom. The number of fused-ring (bicyclic) bond motifs is 1. The Balaban J connectivity index is 2.18. The molecule has 2 aromatic heterocycles. The Kier molecular flexibility index (Phi) is 2.41. The fourth-order valence-corrected chi connectivity index (χ4v) is 2.23. The van der Waals surface area contributed by atoms with Gasteiger partial charge >= 0.3 is 0 Å². The maximum atomic E-state index is 5.72. The highest BCUT2D eigenvalue weighted by molar-refractivity contribution is 5.82. The molecule has 1 aromatic carbocycles. The van der Waals surface area contributed by atoms with Gasteiger partial charge in [-0.1, -0.05) is 6.07 Å². The fourth-order valence-electron chi connectivity index (χ4n) is 2.23. The van der Waals surface area contributed by atoms with Crippen LogP contribution in [0.1, 0.15) is 5.69 Å². The molecule has 0 bridgehead atoms. The second-order valence-electron chi connectivity index (χ2n) is 4.43. The van der Waals surface area contributed by atoms with Gasteiger partial charge < -0.3 is 10.3 Å². The quantitative estimate of drug-likeness (QED) is 0.738. The highest BCUT2D eigenvalue weighted by Crippen LogP contribution is 2.25. The van der Waals surface area contributed by atoms with E-state index in [2.05, 4.69) is 28.3 Å². The van der Waals surface area contributed by atoms with Crippen LogP contribution in [0.5, 0.6) is 0 Å². The predicted octanol–water partition coefficient (Wildman–Crippen LogP) is 1.43. The second kappa shape index (κ2) is 3.96. The summed E-state index contributed by atoms with van der Waals surface area (Å²) in [6.07, 6.45) is 3.81. The van der Waals surface area contributed by atoms with Gasteiger partial charge in [-0.05, 0) is 17.7 Å². The molecule has 2 N–H and O–H groups in total. The number of nitrogens with two attached hydrogens (primary N) is 1. The number of imidazole rings is 1. The molecule has 0 atom stereocenters. The Hall–Kier alpha value is -2.14. The smallest absolute Gasteiger partial charge is 0.0955 e. The zero-order chi connectivity index (χ0) is 12.7. The number of aryl methyl sites for hydroxylation is 2. The fraction of sp³-hybridized carbons (Fsp3) is 0.231. The first-order chi connectivity index (χ1) is 8.69. The van der Waals surface area contributed by atoms with Gasteiger partial charge in [-0.2, -0.15) is 5.10 Å². The van der Waals surface area contributed by atoms with E-state index in [1.165, 1.54) is 0 Å². The molecule has 5 nitrogen and oxygen atoms in total. The number of aromatic nitrogens is 4. The monoisotopic (exact) mass is 241 g/mol. The predicted molar refractivity (Wildman–Crippen MR) is 70.8 cm³/mol. The molecule has 3 aromatic rings. The summed E-state index contributed by atoms with van der Waals surface area (Å²) in [4.78, 5) is 4.37. The average molecular weight is 241 g/mol. The summed E-state index contributed by atoms with van der Waals surface area (Å²) in [7, 11) is 3.90. The molecule has 0 unspecified atom stereocenters. The maximum Gasteiger partial charge on any atom is 0.0955 e. The Labute approximate surface area is 105 Å². The van der Waals surface area contributed by atoms with Gasteiger partial charge in [0.1, 0.15) is 0 Å². The molecule has 3 rings (SSSR count). The third kappa shape index (κ3) is 1.60. The van der Waals surface area contributed by atoms with Crippen LogP contribution in [0.2, 0.25) is 0 Å². The summed E-state index contributed by atoms with van der Waals surface area (Å²) in [6, 6.07) is 6.23. The third-order valence-electron chi connectivity index (χ3n) is 3.14. The van der Waals surface area contributed by atoms with Crippen molar-refractivity contribution in [1.82, 2.24) is 19.3 Å². The molecular formula is C13H15N5. The third-order valence-corrected chi connectivity index (χ3v) is 3.14. The summed E-state index contributed by atoms with van der Waals surface area (Å²) < 4.78 is 3.80. The van der Waals surface area contributed by atoms with E-state index < -0.39 is 0 Å².